The van der Waals surface area contributed by atoms with Gasteiger partial charge in [-0.3, -0.25) is 4.90 Å². The van der Waals surface area contributed by atoms with Crippen molar-refractivity contribution in [2.45, 2.75) is 77.9 Å². The van der Waals surface area contributed by atoms with Gasteiger partial charge in [-0.15, -0.1) is 0 Å². The van der Waals surface area contributed by atoms with Crippen LogP contribution in [0.25, 0.3) is 0 Å². The molecule has 0 bridgehead atoms. The zero-order valence-electron chi connectivity index (χ0n) is 13.0. The van der Waals surface area contributed by atoms with Crippen LogP contribution in [-0.2, 0) is 0 Å². The molecule has 0 aromatic heterocycles. The topological polar surface area (TPSA) is 15.3 Å². The lowest BCUT2D eigenvalue weighted by atomic mass is 9.93. The minimum absolute atomic E-state index is 0.371. The summed E-state index contributed by atoms with van der Waals surface area (Å²) in [5.74, 6) is 1.73. The van der Waals surface area contributed by atoms with Gasteiger partial charge in [-0.2, -0.15) is 0 Å². The van der Waals surface area contributed by atoms with Crippen molar-refractivity contribution in [3.05, 3.63) is 0 Å². The highest BCUT2D eigenvalue weighted by molar-refractivity contribution is 5.02. The van der Waals surface area contributed by atoms with Crippen LogP contribution in [0, 0.1) is 11.8 Å². The second-order valence-electron chi connectivity index (χ2n) is 7.41. The van der Waals surface area contributed by atoms with Gasteiger partial charge in [0.2, 0.25) is 0 Å². The third-order valence-electron chi connectivity index (χ3n) is 5.03. The summed E-state index contributed by atoms with van der Waals surface area (Å²) >= 11 is 0. The monoisotopic (exact) mass is 252 g/mol. The second-order valence-corrected chi connectivity index (χ2v) is 7.41. The van der Waals surface area contributed by atoms with Crippen LogP contribution in [0.4, 0.5) is 0 Å². The molecule has 3 atom stereocenters. The molecule has 1 saturated heterocycles. The summed E-state index contributed by atoms with van der Waals surface area (Å²) in [4.78, 5) is 2.78. The summed E-state index contributed by atoms with van der Waals surface area (Å²) in [7, 11) is 0. The number of hydrogen-bond acceptors (Lipinski definition) is 2. The summed E-state index contributed by atoms with van der Waals surface area (Å²) in [6.07, 6.45) is 5.49. The van der Waals surface area contributed by atoms with E-state index in [1.807, 2.05) is 0 Å². The van der Waals surface area contributed by atoms with Crippen molar-refractivity contribution in [1.82, 2.24) is 10.2 Å². The molecule has 2 heteroatoms. The first-order chi connectivity index (χ1) is 8.42. The fraction of sp³-hybridized carbons (Fsp3) is 1.00. The molecule has 2 rings (SSSR count). The molecule has 1 heterocycles. The van der Waals surface area contributed by atoms with Crippen LogP contribution >= 0.6 is 0 Å². The molecule has 1 aliphatic heterocycles. The maximum atomic E-state index is 3.85. The molecule has 18 heavy (non-hydrogen) atoms. The van der Waals surface area contributed by atoms with E-state index in [0.717, 1.165) is 23.9 Å². The predicted octanol–water partition coefficient (Wildman–Crippen LogP) is 3.27. The molecule has 0 aromatic carbocycles. The number of nitrogens with one attached hydrogen (secondary N) is 1. The van der Waals surface area contributed by atoms with Crippen LogP contribution in [-0.4, -0.2) is 35.6 Å². The molecule has 2 aliphatic rings. The van der Waals surface area contributed by atoms with Gasteiger partial charge in [-0.25, -0.2) is 0 Å². The summed E-state index contributed by atoms with van der Waals surface area (Å²) in [6.45, 7) is 14.4. The van der Waals surface area contributed by atoms with Gasteiger partial charge in [0, 0.05) is 24.2 Å². The Morgan fingerprint density at radius 1 is 1.22 bits per heavy atom. The summed E-state index contributed by atoms with van der Waals surface area (Å²) < 4.78 is 0. The molecule has 1 aliphatic carbocycles. The van der Waals surface area contributed by atoms with Crippen molar-refractivity contribution in [3.63, 3.8) is 0 Å². The molecule has 106 valence electrons. The van der Waals surface area contributed by atoms with Crippen LogP contribution in [0.1, 0.15) is 60.3 Å². The molecule has 2 nitrogen and oxygen atoms in total. The molecule has 0 amide bonds. The van der Waals surface area contributed by atoms with E-state index in [1.54, 1.807) is 0 Å². The van der Waals surface area contributed by atoms with E-state index in [0.29, 0.717) is 5.54 Å². The summed E-state index contributed by atoms with van der Waals surface area (Å²) in [6, 6.07) is 1.45. The van der Waals surface area contributed by atoms with E-state index in [-0.39, 0.29) is 0 Å². The number of hydrogen-bond donors (Lipinski definition) is 1. The Morgan fingerprint density at radius 3 is 2.44 bits per heavy atom. The van der Waals surface area contributed by atoms with Gasteiger partial charge in [0.1, 0.15) is 0 Å². The van der Waals surface area contributed by atoms with Crippen molar-refractivity contribution >= 4 is 0 Å². The Kier molecular flexibility index (Phi) is 4.38. The van der Waals surface area contributed by atoms with E-state index < -0.39 is 0 Å². The molecular weight excluding hydrogens is 220 g/mol. The number of rotatable bonds is 4. The standard InChI is InChI=1S/C16H32N2/c1-12(2)10-14(4)18-11-16(5,15-6-7-15)17-9-8-13(18)3/h12-15,17H,6-11H2,1-5H3. The van der Waals surface area contributed by atoms with E-state index in [1.165, 1.54) is 38.8 Å². The number of nitrogens with zero attached hydrogens (tertiary/aromatic N) is 1. The lowest BCUT2D eigenvalue weighted by Crippen LogP contribution is -2.53. The summed E-state index contributed by atoms with van der Waals surface area (Å²) in [5.41, 5.74) is 0.371. The average molecular weight is 252 g/mol. The minimum atomic E-state index is 0.371. The largest absolute Gasteiger partial charge is 0.310 e. The Labute approximate surface area is 114 Å². The lowest BCUT2D eigenvalue weighted by molar-refractivity contribution is 0.106. The van der Waals surface area contributed by atoms with Crippen LogP contribution in [0.3, 0.4) is 0 Å². The van der Waals surface area contributed by atoms with Crippen molar-refractivity contribution in [3.8, 4) is 0 Å². The molecule has 2 fully saturated rings. The fourth-order valence-electron chi connectivity index (χ4n) is 3.73. The molecular formula is C16H32N2. The Hall–Kier alpha value is -0.0800. The highest BCUT2D eigenvalue weighted by Crippen LogP contribution is 2.41. The summed E-state index contributed by atoms with van der Waals surface area (Å²) in [5, 5.41) is 3.85. The van der Waals surface area contributed by atoms with Crippen molar-refractivity contribution in [1.29, 1.82) is 0 Å². The minimum Gasteiger partial charge on any atom is -0.310 e. The molecule has 0 spiro atoms. The maximum Gasteiger partial charge on any atom is 0.0308 e. The van der Waals surface area contributed by atoms with E-state index in [2.05, 4.69) is 44.8 Å². The highest BCUT2D eigenvalue weighted by Gasteiger charge is 2.44. The average Bonchev–Trinajstić information content (AvgIpc) is 3.06. The fourth-order valence-corrected chi connectivity index (χ4v) is 3.73. The third kappa shape index (κ3) is 3.27. The Balaban J connectivity index is 2.05. The van der Waals surface area contributed by atoms with Crippen LogP contribution in [0.5, 0.6) is 0 Å². The first kappa shape index (κ1) is 14.3. The zero-order valence-corrected chi connectivity index (χ0v) is 13.0. The van der Waals surface area contributed by atoms with Crippen molar-refractivity contribution < 1.29 is 0 Å². The van der Waals surface area contributed by atoms with Gasteiger partial charge < -0.3 is 5.32 Å². The van der Waals surface area contributed by atoms with Gasteiger partial charge in [0.15, 0.2) is 0 Å². The van der Waals surface area contributed by atoms with Crippen LogP contribution < -0.4 is 5.32 Å². The Bertz CT molecular complexity index is 272. The van der Waals surface area contributed by atoms with Crippen LogP contribution in [0.15, 0.2) is 0 Å². The first-order valence-electron chi connectivity index (χ1n) is 7.93. The molecule has 3 unspecified atom stereocenters. The van der Waals surface area contributed by atoms with E-state index in [9.17, 15) is 0 Å². The lowest BCUT2D eigenvalue weighted by Gasteiger charge is -2.40. The Morgan fingerprint density at radius 2 is 1.89 bits per heavy atom. The van der Waals surface area contributed by atoms with Gasteiger partial charge in [0.25, 0.3) is 0 Å². The maximum absolute atomic E-state index is 3.85. The smallest absolute Gasteiger partial charge is 0.0308 e. The predicted molar refractivity (Wildman–Crippen MR) is 78.8 cm³/mol. The molecule has 1 saturated carbocycles. The van der Waals surface area contributed by atoms with E-state index in [4.69, 9.17) is 0 Å². The first-order valence-corrected chi connectivity index (χ1v) is 7.93. The van der Waals surface area contributed by atoms with Gasteiger partial charge >= 0.3 is 0 Å². The van der Waals surface area contributed by atoms with Crippen molar-refractivity contribution in [2.24, 2.45) is 11.8 Å². The van der Waals surface area contributed by atoms with Gasteiger partial charge in [0.05, 0.1) is 0 Å². The van der Waals surface area contributed by atoms with E-state index >= 15 is 0 Å². The zero-order chi connectivity index (χ0) is 13.3. The second kappa shape index (κ2) is 5.50. The normalized spacial score (nSPS) is 36.7. The SMILES string of the molecule is CC(C)CC(C)N1CC(C)(C2CC2)NCCC1C. The van der Waals surface area contributed by atoms with Crippen LogP contribution in [0.2, 0.25) is 0 Å². The third-order valence-corrected chi connectivity index (χ3v) is 5.03. The highest BCUT2D eigenvalue weighted by atomic mass is 15.2. The molecule has 0 radical (unpaired) electrons. The van der Waals surface area contributed by atoms with Gasteiger partial charge in [-0.1, -0.05) is 13.8 Å². The van der Waals surface area contributed by atoms with Crippen molar-refractivity contribution in [2.75, 3.05) is 13.1 Å². The van der Waals surface area contributed by atoms with Gasteiger partial charge in [-0.05, 0) is 64.8 Å². The quantitative estimate of drug-likeness (QED) is 0.826. The molecule has 0 aromatic rings. The molecule has 1 N–H and O–H groups in total.